The summed E-state index contributed by atoms with van der Waals surface area (Å²) in [6.07, 6.45) is 1.49. The van der Waals surface area contributed by atoms with Gasteiger partial charge in [-0.15, -0.1) is 0 Å². The number of halogens is 2. The summed E-state index contributed by atoms with van der Waals surface area (Å²) in [6.45, 7) is 0.614. The van der Waals surface area contributed by atoms with Crippen LogP contribution in [0.5, 0.6) is 0 Å². The minimum absolute atomic E-state index is 0.382. The first kappa shape index (κ1) is 10.3. The molecule has 1 aromatic heterocycles. The maximum Gasteiger partial charge on any atom is 0.144 e. The first-order valence-electron chi connectivity index (χ1n) is 3.68. The van der Waals surface area contributed by atoms with Gasteiger partial charge < -0.3 is 5.32 Å². The summed E-state index contributed by atoms with van der Waals surface area (Å²) in [5.41, 5.74) is 0.657. The highest BCUT2D eigenvalue weighted by molar-refractivity contribution is 6.32. The van der Waals surface area contributed by atoms with Crippen LogP contribution in [-0.2, 0) is 0 Å². The molecule has 68 valence electrons. The molecule has 1 rings (SSSR count). The van der Waals surface area contributed by atoms with E-state index in [2.05, 4.69) is 22.1 Å². The van der Waals surface area contributed by atoms with Gasteiger partial charge in [-0.3, -0.25) is 0 Å². The average Bonchev–Trinajstić information content (AvgIpc) is 2.11. The zero-order chi connectivity index (χ0) is 9.68. The number of hydrogen-bond acceptors (Lipinski definition) is 2. The molecule has 13 heavy (non-hydrogen) atoms. The second-order valence-electron chi connectivity index (χ2n) is 2.32. The van der Waals surface area contributed by atoms with Crippen molar-refractivity contribution in [1.82, 2.24) is 10.3 Å². The van der Waals surface area contributed by atoms with Crippen LogP contribution in [-0.4, -0.2) is 18.6 Å². The van der Waals surface area contributed by atoms with E-state index in [-0.39, 0.29) is 0 Å². The van der Waals surface area contributed by atoms with Crippen LogP contribution in [0, 0.1) is 11.8 Å². The fraction of sp³-hybridized carbons (Fsp3) is 0.222. The van der Waals surface area contributed by atoms with Crippen molar-refractivity contribution in [3.63, 3.8) is 0 Å². The summed E-state index contributed by atoms with van der Waals surface area (Å²) in [7, 11) is 1.83. The number of aromatic nitrogens is 1. The van der Waals surface area contributed by atoms with E-state index in [1.807, 2.05) is 7.05 Å². The summed E-state index contributed by atoms with van der Waals surface area (Å²) in [5.74, 6) is 5.74. The van der Waals surface area contributed by atoms with Gasteiger partial charge in [0.05, 0.1) is 17.1 Å². The van der Waals surface area contributed by atoms with E-state index in [1.165, 1.54) is 6.20 Å². The molecular weight excluding hydrogens is 207 g/mol. The Hall–Kier alpha value is -0.750. The topological polar surface area (TPSA) is 24.9 Å². The van der Waals surface area contributed by atoms with Gasteiger partial charge in [-0.25, -0.2) is 4.98 Å². The molecule has 0 unspecified atom stereocenters. The molecule has 4 heteroatoms. The minimum Gasteiger partial charge on any atom is -0.309 e. The normalized spacial score (nSPS) is 9.15. The van der Waals surface area contributed by atoms with Gasteiger partial charge in [-0.2, -0.15) is 0 Å². The lowest BCUT2D eigenvalue weighted by atomic mass is 10.3. The Labute approximate surface area is 87.3 Å². The fourth-order valence-electron chi connectivity index (χ4n) is 0.738. The van der Waals surface area contributed by atoms with Crippen molar-refractivity contribution in [1.29, 1.82) is 0 Å². The van der Waals surface area contributed by atoms with Crippen molar-refractivity contribution in [2.24, 2.45) is 0 Å². The summed E-state index contributed by atoms with van der Waals surface area (Å²) >= 11 is 11.5. The van der Waals surface area contributed by atoms with Crippen molar-refractivity contribution in [3.05, 3.63) is 28.0 Å². The van der Waals surface area contributed by atoms with Gasteiger partial charge in [-0.1, -0.05) is 35.0 Å². The van der Waals surface area contributed by atoms with E-state index in [9.17, 15) is 0 Å². The number of hydrogen-bond donors (Lipinski definition) is 1. The molecule has 0 bridgehead atoms. The number of pyridine rings is 1. The molecule has 0 aliphatic heterocycles. The molecule has 0 atom stereocenters. The highest BCUT2D eigenvalue weighted by Gasteiger charge is 1.98. The van der Waals surface area contributed by atoms with E-state index in [0.717, 1.165) is 0 Å². The van der Waals surface area contributed by atoms with Gasteiger partial charge in [0, 0.05) is 6.20 Å². The Kier molecular flexibility index (Phi) is 4.04. The molecular formula is C9H8Cl2N2. The number of rotatable bonds is 1. The Morgan fingerprint density at radius 1 is 1.54 bits per heavy atom. The molecule has 0 saturated carbocycles. The maximum absolute atomic E-state index is 5.78. The van der Waals surface area contributed by atoms with Crippen LogP contribution in [0.4, 0.5) is 0 Å². The molecule has 1 aromatic rings. The smallest absolute Gasteiger partial charge is 0.144 e. The van der Waals surface area contributed by atoms with Crippen LogP contribution < -0.4 is 5.32 Å². The van der Waals surface area contributed by atoms with E-state index in [0.29, 0.717) is 22.3 Å². The Bertz CT molecular complexity index is 352. The lowest BCUT2D eigenvalue weighted by Gasteiger charge is -1.94. The monoisotopic (exact) mass is 214 g/mol. The quantitative estimate of drug-likeness (QED) is 0.572. The van der Waals surface area contributed by atoms with Gasteiger partial charge >= 0.3 is 0 Å². The highest BCUT2D eigenvalue weighted by atomic mass is 35.5. The van der Waals surface area contributed by atoms with Crippen molar-refractivity contribution in [3.8, 4) is 11.8 Å². The van der Waals surface area contributed by atoms with Crippen LogP contribution >= 0.6 is 23.2 Å². The third kappa shape index (κ3) is 3.23. The van der Waals surface area contributed by atoms with Crippen LogP contribution in [0.25, 0.3) is 0 Å². The predicted octanol–water partition coefficient (Wildman–Crippen LogP) is 1.96. The molecule has 0 saturated heterocycles. The second kappa shape index (κ2) is 5.08. The third-order valence-corrected chi connectivity index (χ3v) is 1.80. The van der Waals surface area contributed by atoms with Crippen molar-refractivity contribution < 1.29 is 0 Å². The summed E-state index contributed by atoms with van der Waals surface area (Å²) in [4.78, 5) is 3.87. The highest BCUT2D eigenvalue weighted by Crippen LogP contribution is 2.15. The largest absolute Gasteiger partial charge is 0.309 e. The SMILES string of the molecule is CNCC#Cc1cc(Cl)cnc1Cl. The van der Waals surface area contributed by atoms with E-state index < -0.39 is 0 Å². The summed E-state index contributed by atoms with van der Waals surface area (Å²) in [5, 5.41) is 3.82. The first-order valence-corrected chi connectivity index (χ1v) is 4.44. The lowest BCUT2D eigenvalue weighted by molar-refractivity contribution is 0.938. The Morgan fingerprint density at radius 2 is 2.31 bits per heavy atom. The van der Waals surface area contributed by atoms with Gasteiger partial charge in [0.25, 0.3) is 0 Å². The lowest BCUT2D eigenvalue weighted by Crippen LogP contribution is -2.04. The van der Waals surface area contributed by atoms with Crippen LogP contribution in [0.3, 0.4) is 0 Å². The molecule has 0 fully saturated rings. The van der Waals surface area contributed by atoms with Gasteiger partial charge in [0.2, 0.25) is 0 Å². The van der Waals surface area contributed by atoms with E-state index in [4.69, 9.17) is 23.2 Å². The fourth-order valence-corrected chi connectivity index (χ4v) is 1.05. The number of nitrogens with zero attached hydrogens (tertiary/aromatic N) is 1. The third-order valence-electron chi connectivity index (χ3n) is 1.29. The zero-order valence-electron chi connectivity index (χ0n) is 7.06. The van der Waals surface area contributed by atoms with Crippen molar-refractivity contribution in [2.75, 3.05) is 13.6 Å². The van der Waals surface area contributed by atoms with Gasteiger partial charge in [0.1, 0.15) is 5.15 Å². The molecule has 0 radical (unpaired) electrons. The van der Waals surface area contributed by atoms with Crippen LogP contribution in [0.15, 0.2) is 12.3 Å². The Balaban J connectivity index is 2.89. The molecule has 0 aliphatic rings. The van der Waals surface area contributed by atoms with Gasteiger partial charge in [-0.05, 0) is 13.1 Å². The molecule has 2 nitrogen and oxygen atoms in total. The molecule has 0 aliphatic carbocycles. The van der Waals surface area contributed by atoms with Crippen LogP contribution in [0.1, 0.15) is 5.56 Å². The Morgan fingerprint density at radius 3 is 3.00 bits per heavy atom. The minimum atomic E-state index is 0.382. The molecule has 1 heterocycles. The summed E-state index contributed by atoms with van der Waals surface area (Å²) < 4.78 is 0. The van der Waals surface area contributed by atoms with Crippen molar-refractivity contribution in [2.45, 2.75) is 0 Å². The molecule has 0 aromatic carbocycles. The standard InChI is InChI=1S/C9H8Cl2N2/c1-12-4-2-3-7-5-8(10)6-13-9(7)11/h5-6,12H,4H2,1H3. The van der Waals surface area contributed by atoms with E-state index in [1.54, 1.807) is 6.07 Å². The first-order chi connectivity index (χ1) is 6.24. The molecule has 0 spiro atoms. The number of nitrogens with one attached hydrogen (secondary N) is 1. The zero-order valence-corrected chi connectivity index (χ0v) is 8.58. The molecule has 0 amide bonds. The van der Waals surface area contributed by atoms with Crippen molar-refractivity contribution >= 4 is 23.2 Å². The van der Waals surface area contributed by atoms with E-state index >= 15 is 0 Å². The predicted molar refractivity (Wildman–Crippen MR) is 55.1 cm³/mol. The summed E-state index contributed by atoms with van der Waals surface area (Å²) in [6, 6.07) is 1.69. The second-order valence-corrected chi connectivity index (χ2v) is 3.12. The maximum atomic E-state index is 5.78. The van der Waals surface area contributed by atoms with Gasteiger partial charge in [0.15, 0.2) is 0 Å². The average molecular weight is 215 g/mol. The molecule has 1 N–H and O–H groups in total. The van der Waals surface area contributed by atoms with Crippen LogP contribution in [0.2, 0.25) is 10.2 Å².